The van der Waals surface area contributed by atoms with Crippen LogP contribution in [-0.4, -0.2) is 10.1 Å². The van der Waals surface area contributed by atoms with Gasteiger partial charge in [-0.05, 0) is 41.3 Å². The van der Waals surface area contributed by atoms with Gasteiger partial charge in [-0.15, -0.1) is 0 Å². The highest BCUT2D eigenvalue weighted by Gasteiger charge is 2.20. The molecular weight excluding hydrogens is 314 g/mol. The molecule has 0 bridgehead atoms. The van der Waals surface area contributed by atoms with Crippen LogP contribution in [-0.2, 0) is 6.42 Å². The first-order chi connectivity index (χ1) is 12.1. The molecule has 0 saturated carbocycles. The van der Waals surface area contributed by atoms with E-state index in [0.717, 1.165) is 16.7 Å². The Bertz CT molecular complexity index is 867. The Labute approximate surface area is 146 Å². The number of rotatable bonds is 5. The van der Waals surface area contributed by atoms with Crippen LogP contribution in [0, 0.1) is 0 Å². The summed E-state index contributed by atoms with van der Waals surface area (Å²) >= 11 is 0. The summed E-state index contributed by atoms with van der Waals surface area (Å²) in [7, 11) is 0. The van der Waals surface area contributed by atoms with E-state index in [1.807, 2.05) is 42.5 Å². The van der Waals surface area contributed by atoms with E-state index in [2.05, 4.69) is 10.4 Å². The molecule has 0 aliphatic heterocycles. The van der Waals surface area contributed by atoms with Crippen LogP contribution in [0.3, 0.4) is 0 Å². The zero-order chi connectivity index (χ0) is 17.8. The molecule has 0 saturated heterocycles. The maximum Gasteiger partial charge on any atom is 0.165 e. The first-order valence-electron chi connectivity index (χ1n) is 7.94. The lowest BCUT2D eigenvalue weighted by Gasteiger charge is -2.22. The molecule has 0 amide bonds. The van der Waals surface area contributed by atoms with Crippen LogP contribution in [0.2, 0.25) is 0 Å². The van der Waals surface area contributed by atoms with Crippen molar-refractivity contribution in [1.82, 2.24) is 4.98 Å². The van der Waals surface area contributed by atoms with Gasteiger partial charge in [-0.25, -0.2) is 10.8 Å². The first kappa shape index (κ1) is 16.6. The molecule has 0 radical (unpaired) electrons. The van der Waals surface area contributed by atoms with Gasteiger partial charge in [-0.1, -0.05) is 42.5 Å². The molecule has 8 N–H and O–H groups in total. The summed E-state index contributed by atoms with van der Waals surface area (Å²) in [5.74, 6) is 6.39. The second-order valence-corrected chi connectivity index (χ2v) is 5.88. The maximum absolute atomic E-state index is 9.77. The Kier molecular flexibility index (Phi) is 4.72. The van der Waals surface area contributed by atoms with E-state index in [4.69, 9.17) is 17.3 Å². The molecule has 6 nitrogen and oxygen atoms in total. The number of benzene rings is 2. The first-order valence-corrected chi connectivity index (χ1v) is 7.94. The molecule has 2 aromatic carbocycles. The molecule has 0 aliphatic rings. The van der Waals surface area contributed by atoms with Crippen molar-refractivity contribution in [2.45, 2.75) is 12.3 Å². The van der Waals surface area contributed by atoms with E-state index in [0.29, 0.717) is 23.7 Å². The number of phenolic OH excluding ortho intramolecular Hbond substituents is 1. The minimum absolute atomic E-state index is 0.0552. The fraction of sp³-hybridized carbons (Fsp3) is 0.105. The summed E-state index contributed by atoms with van der Waals surface area (Å²) < 4.78 is 0. The summed E-state index contributed by atoms with van der Waals surface area (Å²) in [6, 6.07) is 19.0. The quantitative estimate of drug-likeness (QED) is 0.361. The number of nitrogens with one attached hydrogen (secondary N) is 1. The number of aromatic hydroxyl groups is 1. The van der Waals surface area contributed by atoms with Crippen molar-refractivity contribution in [3.05, 3.63) is 77.4 Å². The number of anilines is 3. The zero-order valence-corrected chi connectivity index (χ0v) is 13.7. The molecule has 0 spiro atoms. The fourth-order valence-electron chi connectivity index (χ4n) is 3.01. The van der Waals surface area contributed by atoms with Crippen LogP contribution in [0.25, 0.3) is 0 Å². The predicted octanol–water partition coefficient (Wildman–Crippen LogP) is 2.61. The number of aromatic nitrogens is 1. The van der Waals surface area contributed by atoms with Gasteiger partial charge in [-0.3, -0.25) is 0 Å². The van der Waals surface area contributed by atoms with Crippen molar-refractivity contribution in [2.24, 2.45) is 5.84 Å². The molecule has 1 heterocycles. The largest absolute Gasteiger partial charge is 0.508 e. The van der Waals surface area contributed by atoms with E-state index in [9.17, 15) is 5.11 Å². The third kappa shape index (κ3) is 3.64. The molecule has 128 valence electrons. The summed E-state index contributed by atoms with van der Waals surface area (Å²) in [5, 5.41) is 9.77. The van der Waals surface area contributed by atoms with Gasteiger partial charge in [0, 0.05) is 5.92 Å². The molecule has 0 aliphatic carbocycles. The van der Waals surface area contributed by atoms with Crippen LogP contribution in [0.4, 0.5) is 17.3 Å². The Morgan fingerprint density at radius 3 is 2.44 bits per heavy atom. The van der Waals surface area contributed by atoms with Gasteiger partial charge < -0.3 is 22.0 Å². The van der Waals surface area contributed by atoms with Crippen molar-refractivity contribution in [1.29, 1.82) is 0 Å². The van der Waals surface area contributed by atoms with E-state index in [-0.39, 0.29) is 11.7 Å². The second kappa shape index (κ2) is 7.11. The molecular formula is C19H21N5O. The standard InChI is InChI=1S/C19H21N5O/c20-17-11-16(18(21)19(23-17)24-22)15(13-6-2-1-3-7-13)10-12-5-4-8-14(25)9-12/h1-9,11,15,25H,10,21-22H2,(H3,20,23,24). The third-order valence-electron chi connectivity index (χ3n) is 4.17. The molecule has 1 unspecified atom stereocenters. The second-order valence-electron chi connectivity index (χ2n) is 5.88. The molecule has 6 heteroatoms. The smallest absolute Gasteiger partial charge is 0.165 e. The Balaban J connectivity index is 2.11. The van der Waals surface area contributed by atoms with Crippen LogP contribution in [0.15, 0.2) is 60.7 Å². The molecule has 3 rings (SSSR count). The predicted molar refractivity (Wildman–Crippen MR) is 101 cm³/mol. The average molecular weight is 335 g/mol. The molecule has 3 aromatic rings. The fourth-order valence-corrected chi connectivity index (χ4v) is 3.01. The lowest BCUT2D eigenvalue weighted by atomic mass is 9.85. The van der Waals surface area contributed by atoms with Gasteiger partial charge in [0.25, 0.3) is 0 Å². The Hall–Kier alpha value is -3.25. The highest BCUT2D eigenvalue weighted by molar-refractivity contribution is 5.70. The topological polar surface area (TPSA) is 123 Å². The Morgan fingerprint density at radius 1 is 1.00 bits per heavy atom. The van der Waals surface area contributed by atoms with Crippen molar-refractivity contribution >= 4 is 17.3 Å². The number of hydrogen-bond donors (Lipinski definition) is 5. The van der Waals surface area contributed by atoms with Crippen LogP contribution >= 0.6 is 0 Å². The van der Waals surface area contributed by atoms with E-state index >= 15 is 0 Å². The van der Waals surface area contributed by atoms with Gasteiger partial charge in [0.05, 0.1) is 5.69 Å². The van der Waals surface area contributed by atoms with Crippen molar-refractivity contribution in [2.75, 3.05) is 16.9 Å². The van der Waals surface area contributed by atoms with Gasteiger partial charge in [0.15, 0.2) is 5.82 Å². The maximum atomic E-state index is 9.77. The molecule has 1 atom stereocenters. The number of hydrogen-bond acceptors (Lipinski definition) is 6. The van der Waals surface area contributed by atoms with Crippen molar-refractivity contribution < 1.29 is 5.11 Å². The lowest BCUT2D eigenvalue weighted by molar-refractivity contribution is 0.474. The SMILES string of the molecule is NNc1nc(N)cc(C(Cc2cccc(O)c2)c2ccccc2)c1N. The Morgan fingerprint density at radius 2 is 1.76 bits per heavy atom. The summed E-state index contributed by atoms with van der Waals surface area (Å²) in [5.41, 5.74) is 18.1. The number of nitrogen functional groups attached to an aromatic ring is 3. The molecule has 1 aromatic heterocycles. The van der Waals surface area contributed by atoms with Crippen LogP contribution in [0.5, 0.6) is 5.75 Å². The third-order valence-corrected chi connectivity index (χ3v) is 4.17. The van der Waals surface area contributed by atoms with E-state index < -0.39 is 0 Å². The summed E-state index contributed by atoms with van der Waals surface area (Å²) in [4.78, 5) is 4.13. The van der Waals surface area contributed by atoms with Gasteiger partial charge in [0.2, 0.25) is 0 Å². The van der Waals surface area contributed by atoms with Crippen molar-refractivity contribution in [3.63, 3.8) is 0 Å². The highest BCUT2D eigenvalue weighted by atomic mass is 16.3. The monoisotopic (exact) mass is 335 g/mol. The number of nitrogens with zero attached hydrogens (tertiary/aromatic N) is 1. The normalized spacial score (nSPS) is 11.9. The van der Waals surface area contributed by atoms with Gasteiger partial charge in [-0.2, -0.15) is 0 Å². The van der Waals surface area contributed by atoms with E-state index in [1.165, 1.54) is 0 Å². The number of pyridine rings is 1. The van der Waals surface area contributed by atoms with Crippen LogP contribution < -0.4 is 22.7 Å². The number of phenols is 1. The molecule has 0 fully saturated rings. The number of hydrazine groups is 1. The summed E-state index contributed by atoms with van der Waals surface area (Å²) in [6.45, 7) is 0. The summed E-state index contributed by atoms with van der Waals surface area (Å²) in [6.07, 6.45) is 0.649. The molecule has 25 heavy (non-hydrogen) atoms. The van der Waals surface area contributed by atoms with Gasteiger partial charge in [0.1, 0.15) is 11.6 Å². The van der Waals surface area contributed by atoms with Gasteiger partial charge >= 0.3 is 0 Å². The highest BCUT2D eigenvalue weighted by Crippen LogP contribution is 2.36. The minimum Gasteiger partial charge on any atom is -0.508 e. The van der Waals surface area contributed by atoms with Crippen LogP contribution in [0.1, 0.15) is 22.6 Å². The zero-order valence-electron chi connectivity index (χ0n) is 13.7. The minimum atomic E-state index is -0.0552. The average Bonchev–Trinajstić information content (AvgIpc) is 2.62. The van der Waals surface area contributed by atoms with E-state index in [1.54, 1.807) is 18.2 Å². The lowest BCUT2D eigenvalue weighted by Crippen LogP contribution is -2.16. The number of nitrogens with two attached hydrogens (primary N) is 3. The van der Waals surface area contributed by atoms with Crippen molar-refractivity contribution in [3.8, 4) is 5.75 Å².